The van der Waals surface area contributed by atoms with Crippen molar-refractivity contribution in [3.05, 3.63) is 0 Å². The number of rotatable bonds is 3. The summed E-state index contributed by atoms with van der Waals surface area (Å²) in [4.78, 5) is 19.3. The number of carboxylic acids is 2. The third kappa shape index (κ3) is 25.9. The summed E-state index contributed by atoms with van der Waals surface area (Å²) in [7, 11) is 0. The minimum Gasteiger partial charge on any atom is -0.481 e. The molecule has 0 heterocycles. The fourth-order valence-corrected chi connectivity index (χ4v) is 0.214. The third-order valence-electron chi connectivity index (χ3n) is 0.553. The second-order valence-electron chi connectivity index (χ2n) is 1.29. The molecule has 0 spiro atoms. The van der Waals surface area contributed by atoms with E-state index in [-0.39, 0.29) is 51.1 Å². The molecular weight excluding hydrogens is 256 g/mol. The molecule has 0 unspecified atom stereocenters. The van der Waals surface area contributed by atoms with Gasteiger partial charge in [-0.3, -0.25) is 9.59 Å². The van der Waals surface area contributed by atoms with Crippen LogP contribution in [0.1, 0.15) is 12.8 Å². The topological polar surface area (TPSA) is 138 Å². The van der Waals surface area contributed by atoms with Crippen molar-refractivity contribution in [3.8, 4) is 0 Å². The molecule has 0 aromatic carbocycles. The molecule has 6 N–H and O–H groups in total. The predicted molar refractivity (Wildman–Crippen MR) is 31.7 cm³/mol. The summed E-state index contributed by atoms with van der Waals surface area (Å²) < 4.78 is 0. The van der Waals surface area contributed by atoms with E-state index in [1.165, 1.54) is 0 Å². The van der Waals surface area contributed by atoms with Crippen molar-refractivity contribution in [2.45, 2.75) is 12.8 Å². The SMILES string of the molecule is O.O.O=C(O)CCC(=O)O.[Cd]. The fourth-order valence-electron chi connectivity index (χ4n) is 0.214. The summed E-state index contributed by atoms with van der Waals surface area (Å²) in [6.07, 6.45) is -0.593. The molecule has 0 radical (unpaired) electrons. The zero-order valence-corrected chi connectivity index (χ0v) is 9.87. The van der Waals surface area contributed by atoms with E-state index in [4.69, 9.17) is 10.2 Å². The van der Waals surface area contributed by atoms with Crippen LogP contribution >= 0.6 is 0 Å². The van der Waals surface area contributed by atoms with Crippen molar-refractivity contribution in [3.63, 3.8) is 0 Å². The van der Waals surface area contributed by atoms with Gasteiger partial charge in [0.2, 0.25) is 0 Å². The van der Waals surface area contributed by atoms with E-state index in [1.807, 2.05) is 0 Å². The Bertz CT molecular complexity index is 99.1. The summed E-state index contributed by atoms with van der Waals surface area (Å²) >= 11 is 0. The fraction of sp³-hybridized carbons (Fsp3) is 0.500. The first-order chi connectivity index (χ1) is 3.63. The molecule has 0 aromatic heterocycles. The van der Waals surface area contributed by atoms with Gasteiger partial charge in [-0.25, -0.2) is 0 Å². The molecule has 7 heteroatoms. The summed E-state index contributed by atoms with van der Waals surface area (Å²) in [6.45, 7) is 0. The second kappa shape index (κ2) is 12.5. The predicted octanol–water partition coefficient (Wildman–Crippen LogP) is -1.72. The molecule has 64 valence electrons. The number of hydrogen-bond acceptors (Lipinski definition) is 2. The van der Waals surface area contributed by atoms with Gasteiger partial charge in [-0.05, 0) is 0 Å². The Balaban J connectivity index is -0.0000000817. The van der Waals surface area contributed by atoms with Crippen LogP contribution in [0.25, 0.3) is 0 Å². The van der Waals surface area contributed by atoms with Gasteiger partial charge in [0, 0.05) is 27.3 Å². The zero-order valence-electron chi connectivity index (χ0n) is 5.83. The maximum Gasteiger partial charge on any atom is 0.303 e. The average molecular weight is 267 g/mol. The van der Waals surface area contributed by atoms with Crippen LogP contribution in [0.2, 0.25) is 0 Å². The van der Waals surface area contributed by atoms with E-state index < -0.39 is 11.9 Å². The molecule has 0 aromatic rings. The molecule has 0 aliphatic rings. The van der Waals surface area contributed by atoms with E-state index in [1.54, 1.807) is 0 Å². The summed E-state index contributed by atoms with van der Waals surface area (Å²) in [5.74, 6) is -2.15. The second-order valence-corrected chi connectivity index (χ2v) is 1.29. The summed E-state index contributed by atoms with van der Waals surface area (Å²) in [5, 5.41) is 15.8. The van der Waals surface area contributed by atoms with Gasteiger partial charge >= 0.3 is 11.9 Å². The van der Waals surface area contributed by atoms with Crippen LogP contribution in [-0.4, -0.2) is 33.1 Å². The molecule has 0 amide bonds. The maximum atomic E-state index is 9.64. The van der Waals surface area contributed by atoms with E-state index >= 15 is 0 Å². The van der Waals surface area contributed by atoms with E-state index in [0.717, 1.165) is 0 Å². The van der Waals surface area contributed by atoms with E-state index in [2.05, 4.69) is 0 Å². The van der Waals surface area contributed by atoms with Crippen LogP contribution in [-0.2, 0) is 36.9 Å². The van der Waals surface area contributed by atoms with Crippen molar-refractivity contribution in [1.29, 1.82) is 0 Å². The van der Waals surface area contributed by atoms with Gasteiger partial charge in [0.15, 0.2) is 0 Å². The van der Waals surface area contributed by atoms with Crippen molar-refractivity contribution in [1.82, 2.24) is 0 Å². The minimum absolute atomic E-state index is 0. The Morgan fingerprint density at radius 1 is 0.909 bits per heavy atom. The van der Waals surface area contributed by atoms with Crippen LogP contribution in [0.4, 0.5) is 0 Å². The van der Waals surface area contributed by atoms with E-state index in [0.29, 0.717) is 0 Å². The average Bonchev–Trinajstić information content (AvgIpc) is 1.61. The molecule has 0 fully saturated rings. The Labute approximate surface area is 83.0 Å². The number of carbonyl (C=O) groups is 2. The van der Waals surface area contributed by atoms with Crippen LogP contribution < -0.4 is 0 Å². The normalized spacial score (nSPS) is 6.18. The Kier molecular flexibility index (Phi) is 25.4. The molecule has 0 saturated heterocycles. The van der Waals surface area contributed by atoms with Gasteiger partial charge in [0.1, 0.15) is 0 Å². The van der Waals surface area contributed by atoms with Gasteiger partial charge in [0.05, 0.1) is 12.8 Å². The van der Waals surface area contributed by atoms with Crippen molar-refractivity contribution < 1.29 is 58.1 Å². The van der Waals surface area contributed by atoms with Gasteiger partial charge < -0.3 is 21.2 Å². The maximum absolute atomic E-state index is 9.64. The Hall–Kier alpha value is -0.218. The molecule has 0 atom stereocenters. The summed E-state index contributed by atoms with van der Waals surface area (Å²) in [6, 6.07) is 0. The van der Waals surface area contributed by atoms with Gasteiger partial charge in [-0.15, -0.1) is 0 Å². The first-order valence-electron chi connectivity index (χ1n) is 2.06. The number of hydrogen-bond donors (Lipinski definition) is 2. The Morgan fingerprint density at radius 3 is 1.18 bits per heavy atom. The zero-order chi connectivity index (χ0) is 6.57. The molecule has 6 nitrogen and oxygen atoms in total. The molecule has 0 bridgehead atoms. The van der Waals surface area contributed by atoms with Crippen molar-refractivity contribution >= 4 is 11.9 Å². The quantitative estimate of drug-likeness (QED) is 0.587. The molecule has 0 rings (SSSR count). The van der Waals surface area contributed by atoms with Gasteiger partial charge in [-0.2, -0.15) is 0 Å². The third-order valence-corrected chi connectivity index (χ3v) is 0.553. The molecule has 11 heavy (non-hydrogen) atoms. The summed E-state index contributed by atoms with van der Waals surface area (Å²) in [5.41, 5.74) is 0. The molecule has 0 aliphatic heterocycles. The van der Waals surface area contributed by atoms with Crippen LogP contribution in [0.3, 0.4) is 0 Å². The minimum atomic E-state index is -1.08. The smallest absolute Gasteiger partial charge is 0.303 e. The molecule has 0 saturated carbocycles. The van der Waals surface area contributed by atoms with Crippen LogP contribution in [0.5, 0.6) is 0 Å². The van der Waals surface area contributed by atoms with Gasteiger partial charge in [-0.1, -0.05) is 0 Å². The van der Waals surface area contributed by atoms with Crippen molar-refractivity contribution in [2.24, 2.45) is 0 Å². The Morgan fingerprint density at radius 2 is 1.09 bits per heavy atom. The van der Waals surface area contributed by atoms with Gasteiger partial charge in [0.25, 0.3) is 0 Å². The monoisotopic (exact) mass is 268 g/mol. The first kappa shape index (κ1) is 22.4. The largest absolute Gasteiger partial charge is 0.481 e. The molecule has 0 aliphatic carbocycles. The van der Waals surface area contributed by atoms with Crippen LogP contribution in [0.15, 0.2) is 0 Å². The van der Waals surface area contributed by atoms with Crippen molar-refractivity contribution in [2.75, 3.05) is 0 Å². The standard InChI is InChI=1S/C4H6O4.Cd.2H2O/c5-3(6)1-2-4(7)8;;;/h1-2H2,(H,5,6)(H,7,8);;2*1H2. The van der Waals surface area contributed by atoms with E-state index in [9.17, 15) is 9.59 Å². The molecular formula is C4H10CdO6. The first-order valence-corrected chi connectivity index (χ1v) is 2.06. The van der Waals surface area contributed by atoms with Crippen LogP contribution in [0, 0.1) is 0 Å². The number of carboxylic acid groups (broad SMARTS) is 2. The number of aliphatic carboxylic acids is 2.